The quantitative estimate of drug-likeness (QED) is 0.911. The van der Waals surface area contributed by atoms with Crippen molar-refractivity contribution in [1.29, 1.82) is 0 Å². The Morgan fingerprint density at radius 2 is 1.80 bits per heavy atom. The van der Waals surface area contributed by atoms with E-state index < -0.39 is 17.4 Å². The average molecular weight is 343 g/mol. The molecule has 25 heavy (non-hydrogen) atoms. The standard InChI is InChI=1S/C18H21N3O4/c1-18(2)12-8-6-5-7-11(12)10-21(15(18)16(22)23)17-19-13(24-3)9-14(20-17)25-4/h5-9,15H,10H2,1-4H3,(H,22,23). The second kappa shape index (κ2) is 6.23. The lowest BCUT2D eigenvalue weighted by Gasteiger charge is -2.45. The molecule has 1 aromatic heterocycles. The van der Waals surface area contributed by atoms with Gasteiger partial charge in [0.1, 0.15) is 6.04 Å². The van der Waals surface area contributed by atoms with Crippen LogP contribution in [0, 0.1) is 0 Å². The maximum Gasteiger partial charge on any atom is 0.327 e. The molecule has 3 rings (SSSR count). The number of carboxylic acid groups (broad SMARTS) is 1. The van der Waals surface area contributed by atoms with Gasteiger partial charge in [-0.3, -0.25) is 0 Å². The minimum atomic E-state index is -0.926. The predicted molar refractivity (Wildman–Crippen MR) is 92.2 cm³/mol. The molecule has 1 aliphatic rings. The fourth-order valence-corrected chi connectivity index (χ4v) is 3.46. The molecule has 7 heteroatoms. The molecule has 1 aliphatic heterocycles. The fourth-order valence-electron chi connectivity index (χ4n) is 3.46. The molecule has 2 heterocycles. The molecule has 0 bridgehead atoms. The number of rotatable bonds is 4. The molecule has 0 saturated heterocycles. The highest BCUT2D eigenvalue weighted by molar-refractivity contribution is 5.81. The number of ether oxygens (including phenoxy) is 2. The van der Waals surface area contributed by atoms with Crippen LogP contribution in [0.4, 0.5) is 5.95 Å². The van der Waals surface area contributed by atoms with E-state index in [1.165, 1.54) is 14.2 Å². The highest BCUT2D eigenvalue weighted by Gasteiger charge is 2.46. The number of aromatic nitrogens is 2. The Balaban J connectivity index is 2.17. The molecule has 0 fully saturated rings. The monoisotopic (exact) mass is 343 g/mol. The van der Waals surface area contributed by atoms with Gasteiger partial charge in [0, 0.05) is 12.0 Å². The van der Waals surface area contributed by atoms with E-state index >= 15 is 0 Å². The molecule has 0 radical (unpaired) electrons. The SMILES string of the molecule is COc1cc(OC)nc(N2Cc3ccccc3C(C)(C)C2C(=O)O)n1. The number of anilines is 1. The molecule has 0 aliphatic carbocycles. The van der Waals surface area contributed by atoms with Crippen LogP contribution in [-0.4, -0.2) is 41.3 Å². The lowest BCUT2D eigenvalue weighted by Crippen LogP contribution is -2.56. The number of carbonyl (C=O) groups is 1. The minimum absolute atomic E-state index is 0.270. The summed E-state index contributed by atoms with van der Waals surface area (Å²) in [5.41, 5.74) is 1.45. The molecule has 0 amide bonds. The first-order valence-electron chi connectivity index (χ1n) is 7.93. The summed E-state index contributed by atoms with van der Waals surface area (Å²) < 4.78 is 10.4. The summed E-state index contributed by atoms with van der Waals surface area (Å²) in [7, 11) is 2.99. The van der Waals surface area contributed by atoms with Crippen molar-refractivity contribution in [1.82, 2.24) is 9.97 Å². The van der Waals surface area contributed by atoms with Gasteiger partial charge in [-0.1, -0.05) is 38.1 Å². The van der Waals surface area contributed by atoms with E-state index in [2.05, 4.69) is 9.97 Å². The largest absolute Gasteiger partial charge is 0.481 e. The number of methoxy groups -OCH3 is 2. The lowest BCUT2D eigenvalue weighted by atomic mass is 9.72. The summed E-state index contributed by atoms with van der Waals surface area (Å²) >= 11 is 0. The Kier molecular flexibility index (Phi) is 4.24. The van der Waals surface area contributed by atoms with Crippen LogP contribution < -0.4 is 14.4 Å². The molecule has 0 spiro atoms. The zero-order valence-corrected chi connectivity index (χ0v) is 14.7. The van der Waals surface area contributed by atoms with E-state index in [-0.39, 0.29) is 5.95 Å². The van der Waals surface area contributed by atoms with Gasteiger partial charge < -0.3 is 19.5 Å². The van der Waals surface area contributed by atoms with Gasteiger partial charge in [-0.2, -0.15) is 9.97 Å². The number of carboxylic acids is 1. The smallest absolute Gasteiger partial charge is 0.327 e. The van der Waals surface area contributed by atoms with Crippen molar-refractivity contribution in [3.8, 4) is 11.8 Å². The fraction of sp³-hybridized carbons (Fsp3) is 0.389. The van der Waals surface area contributed by atoms with Crippen molar-refractivity contribution in [2.45, 2.75) is 31.8 Å². The zero-order chi connectivity index (χ0) is 18.2. The molecule has 1 atom stereocenters. The highest BCUT2D eigenvalue weighted by atomic mass is 16.5. The molecule has 7 nitrogen and oxygen atoms in total. The van der Waals surface area contributed by atoms with Crippen LogP contribution in [0.5, 0.6) is 11.8 Å². The van der Waals surface area contributed by atoms with E-state index in [4.69, 9.17) is 9.47 Å². The van der Waals surface area contributed by atoms with E-state index in [1.807, 2.05) is 38.1 Å². The van der Waals surface area contributed by atoms with Gasteiger partial charge in [0.2, 0.25) is 17.7 Å². The second-order valence-corrected chi connectivity index (χ2v) is 6.50. The van der Waals surface area contributed by atoms with E-state index in [0.29, 0.717) is 18.3 Å². The molecular formula is C18H21N3O4. The van der Waals surface area contributed by atoms with Crippen LogP contribution in [0.3, 0.4) is 0 Å². The van der Waals surface area contributed by atoms with E-state index in [0.717, 1.165) is 11.1 Å². The maximum absolute atomic E-state index is 12.1. The Hall–Kier alpha value is -2.83. The van der Waals surface area contributed by atoms with Gasteiger partial charge >= 0.3 is 5.97 Å². The summed E-state index contributed by atoms with van der Waals surface area (Å²) in [4.78, 5) is 22.5. The van der Waals surface area contributed by atoms with Gasteiger partial charge in [0.25, 0.3) is 0 Å². The van der Waals surface area contributed by atoms with Crippen LogP contribution in [0.1, 0.15) is 25.0 Å². The van der Waals surface area contributed by atoms with Crippen molar-refractivity contribution >= 4 is 11.9 Å². The van der Waals surface area contributed by atoms with E-state index in [9.17, 15) is 9.90 Å². The normalized spacial score (nSPS) is 18.4. The van der Waals surface area contributed by atoms with Crippen LogP contribution in [0.25, 0.3) is 0 Å². The first-order valence-corrected chi connectivity index (χ1v) is 7.93. The molecule has 2 aromatic rings. The molecule has 0 saturated carbocycles. The molecule has 132 valence electrons. The van der Waals surface area contributed by atoms with Crippen molar-refractivity contribution in [2.75, 3.05) is 19.1 Å². The topological polar surface area (TPSA) is 84.8 Å². The van der Waals surface area contributed by atoms with Gasteiger partial charge in [-0.05, 0) is 11.1 Å². The van der Waals surface area contributed by atoms with Crippen molar-refractivity contribution in [2.24, 2.45) is 0 Å². The lowest BCUT2D eigenvalue weighted by molar-refractivity contribution is -0.140. The third-order valence-corrected chi connectivity index (χ3v) is 4.62. The van der Waals surface area contributed by atoms with Crippen LogP contribution in [-0.2, 0) is 16.8 Å². The van der Waals surface area contributed by atoms with Crippen molar-refractivity contribution in [3.05, 3.63) is 41.5 Å². The summed E-state index contributed by atoms with van der Waals surface area (Å²) in [5.74, 6) is -0.0126. The zero-order valence-electron chi connectivity index (χ0n) is 14.7. The van der Waals surface area contributed by atoms with Crippen LogP contribution >= 0.6 is 0 Å². The molecule has 1 N–H and O–H groups in total. The van der Waals surface area contributed by atoms with Gasteiger partial charge in [0.05, 0.1) is 20.3 Å². The molecular weight excluding hydrogens is 322 g/mol. The number of hydrogen-bond donors (Lipinski definition) is 1. The minimum Gasteiger partial charge on any atom is -0.481 e. The average Bonchev–Trinajstić information content (AvgIpc) is 2.60. The summed E-state index contributed by atoms with van der Waals surface area (Å²) in [6.45, 7) is 4.25. The number of aliphatic carboxylic acids is 1. The highest BCUT2D eigenvalue weighted by Crippen LogP contribution is 2.40. The summed E-state index contributed by atoms with van der Waals surface area (Å²) in [6.07, 6.45) is 0. The number of fused-ring (bicyclic) bond motifs is 1. The Labute approximate surface area is 146 Å². The van der Waals surface area contributed by atoms with Crippen LogP contribution in [0.15, 0.2) is 30.3 Å². The molecule has 1 unspecified atom stereocenters. The van der Waals surface area contributed by atoms with Gasteiger partial charge in [0.15, 0.2) is 0 Å². The summed E-state index contributed by atoms with van der Waals surface area (Å²) in [6, 6.07) is 8.60. The Morgan fingerprint density at radius 3 is 2.36 bits per heavy atom. The Morgan fingerprint density at radius 1 is 1.20 bits per heavy atom. The third kappa shape index (κ3) is 2.86. The Bertz CT molecular complexity index is 784. The first-order chi connectivity index (χ1) is 11.9. The summed E-state index contributed by atoms with van der Waals surface area (Å²) in [5, 5.41) is 9.92. The van der Waals surface area contributed by atoms with Crippen LogP contribution in [0.2, 0.25) is 0 Å². The van der Waals surface area contributed by atoms with Gasteiger partial charge in [-0.25, -0.2) is 4.79 Å². The number of benzene rings is 1. The predicted octanol–water partition coefficient (Wildman–Crippen LogP) is 2.24. The number of hydrogen-bond acceptors (Lipinski definition) is 6. The number of nitrogens with zero attached hydrogens (tertiary/aromatic N) is 3. The molecule has 1 aromatic carbocycles. The second-order valence-electron chi connectivity index (χ2n) is 6.50. The first kappa shape index (κ1) is 17.0. The van der Waals surface area contributed by atoms with Gasteiger partial charge in [-0.15, -0.1) is 0 Å². The van der Waals surface area contributed by atoms with Crippen molar-refractivity contribution in [3.63, 3.8) is 0 Å². The van der Waals surface area contributed by atoms with Crippen molar-refractivity contribution < 1.29 is 19.4 Å². The van der Waals surface area contributed by atoms with E-state index in [1.54, 1.807) is 11.0 Å². The maximum atomic E-state index is 12.1. The third-order valence-electron chi connectivity index (χ3n) is 4.62.